The minimum absolute atomic E-state index is 0.0808. The molecule has 0 spiro atoms. The summed E-state index contributed by atoms with van der Waals surface area (Å²) < 4.78 is 14.9. The molecule has 13 nitrogen and oxygen atoms in total. The Balaban J connectivity index is 0.000000178. The number of hydrogen-bond acceptors (Lipinski definition) is 11. The molecule has 0 saturated carbocycles. The highest BCUT2D eigenvalue weighted by molar-refractivity contribution is 5.96. The van der Waals surface area contributed by atoms with Gasteiger partial charge in [0.15, 0.2) is 0 Å². The van der Waals surface area contributed by atoms with Crippen molar-refractivity contribution in [3.05, 3.63) is 130 Å². The number of carbonyl (C=O) groups excluding carboxylic acids is 2. The van der Waals surface area contributed by atoms with Gasteiger partial charge in [-0.1, -0.05) is 84.2 Å². The number of fused-ring (bicyclic) bond motifs is 3. The molecule has 11 rings (SSSR count). The number of phenols is 1. The number of halogens is 1. The van der Waals surface area contributed by atoms with E-state index in [4.69, 9.17) is 15.0 Å². The second kappa shape index (κ2) is 28.4. The first kappa shape index (κ1) is 63.0. The van der Waals surface area contributed by atoms with Gasteiger partial charge in [0.1, 0.15) is 23.2 Å². The largest absolute Gasteiger partial charge is 0.508 e. The molecule has 7 heterocycles. The molecular weight excluding hydrogens is 1060 g/mol. The molecule has 3 aromatic carbocycles. The molecular formula is C71H96FN9O4. The van der Waals surface area contributed by atoms with Crippen molar-refractivity contribution in [1.82, 2.24) is 35.0 Å². The number of aromatic nitrogens is 3. The maximum Gasteiger partial charge on any atom is 0.226 e. The third kappa shape index (κ3) is 14.7. The van der Waals surface area contributed by atoms with E-state index < -0.39 is 0 Å². The predicted molar refractivity (Wildman–Crippen MR) is 345 cm³/mol. The van der Waals surface area contributed by atoms with Gasteiger partial charge in [-0.15, -0.1) is 0 Å². The number of likely N-dealkylation sites (N-methyl/N-ethyl adjacent to an activating group) is 1. The summed E-state index contributed by atoms with van der Waals surface area (Å²) in [7, 11) is 4.13. The number of aliphatic hydroxyl groups excluding tert-OH is 1. The highest BCUT2D eigenvalue weighted by Gasteiger charge is 2.37. The zero-order valence-corrected chi connectivity index (χ0v) is 52.6. The van der Waals surface area contributed by atoms with Crippen molar-refractivity contribution in [3.63, 3.8) is 0 Å². The fraction of sp³-hybridized carbons (Fsp3) is 0.535. The molecule has 5 saturated heterocycles. The van der Waals surface area contributed by atoms with Gasteiger partial charge in [0.2, 0.25) is 11.8 Å². The van der Waals surface area contributed by atoms with Gasteiger partial charge in [-0.3, -0.25) is 24.4 Å². The molecule has 5 unspecified atom stereocenters. The predicted octanol–water partition coefficient (Wildman–Crippen LogP) is 13.9. The number of β-amino-alcohol motifs (C(OH)–C–C–N with tert-alkyl or cyclic N) is 1. The standard InChI is InChI=1S/C35H50N4O.C29H35FN4O2.C7H11NO/c1-6-8-35(40)37(5)34-23-31(13-10-26(34)2)30-18-21-38(22-19-30)24-28-11-14-29(15-12-28)27(3)36(4)25-33-17-16-32-9-7-20-39(32)33;1-5-16(3)28-32-27-17(4)26(31-14-23(27)29(33-28)34-11-7-8-19(35)15-34)22-13-20(36)12-18-9-10-24(30)21(6-2)25(18)22;1-5-3-4-6(2)8-7(5)9/h10-15,23,30,32-33H,3,6-9,16-22,24-25H2,1-2,4-5H3;12-14,16,19,35-36H,5-11,15H2,1-4H3;5H,2-4H2,1H3,(H,8,9). The Kier molecular flexibility index (Phi) is 21.0. The van der Waals surface area contributed by atoms with Gasteiger partial charge < -0.3 is 30.2 Å². The number of phenolic OH excluding ortho intramolecular Hbond substituents is 1. The van der Waals surface area contributed by atoms with E-state index in [0.29, 0.717) is 55.5 Å². The summed E-state index contributed by atoms with van der Waals surface area (Å²) in [6, 6.07) is 20.8. The summed E-state index contributed by atoms with van der Waals surface area (Å²) in [6.45, 7) is 29.4. The van der Waals surface area contributed by atoms with E-state index in [9.17, 15) is 24.2 Å². The van der Waals surface area contributed by atoms with Crippen molar-refractivity contribution in [2.24, 2.45) is 5.92 Å². The fourth-order valence-electron chi connectivity index (χ4n) is 13.8. The lowest BCUT2D eigenvalue weighted by atomic mass is 9.83. The smallest absolute Gasteiger partial charge is 0.226 e. The van der Waals surface area contributed by atoms with Crippen LogP contribution in [0.15, 0.2) is 85.5 Å². The van der Waals surface area contributed by atoms with E-state index in [1.807, 2.05) is 32.7 Å². The number of aromatic hydroxyl groups is 1. The van der Waals surface area contributed by atoms with Gasteiger partial charge in [0, 0.05) is 111 Å². The summed E-state index contributed by atoms with van der Waals surface area (Å²) in [5.74, 6) is 2.90. The van der Waals surface area contributed by atoms with Crippen LogP contribution in [0.1, 0.15) is 188 Å². The number of amides is 2. The number of piperidine rings is 3. The average Bonchev–Trinajstić information content (AvgIpc) is 1.79. The lowest BCUT2D eigenvalue weighted by Gasteiger charge is -2.33. The summed E-state index contributed by atoms with van der Waals surface area (Å²) in [4.78, 5) is 49.9. The monoisotopic (exact) mass is 1160 g/mol. The maximum absolute atomic E-state index is 14.9. The van der Waals surface area contributed by atoms with Gasteiger partial charge in [0.05, 0.1) is 22.7 Å². The first-order chi connectivity index (χ1) is 40.8. The van der Waals surface area contributed by atoms with Crippen LogP contribution < -0.4 is 15.1 Å². The number of carbonyl (C=O) groups is 2. The van der Waals surface area contributed by atoms with Crippen LogP contribution in [-0.4, -0.2) is 123 Å². The molecule has 2 amide bonds. The molecule has 5 fully saturated rings. The number of rotatable bonds is 15. The first-order valence-corrected chi connectivity index (χ1v) is 32.0. The van der Waals surface area contributed by atoms with Crippen LogP contribution in [0.25, 0.3) is 33.4 Å². The molecule has 0 bridgehead atoms. The Hall–Kier alpha value is -6.48. The van der Waals surface area contributed by atoms with E-state index in [0.717, 1.165) is 152 Å². The number of allylic oxidation sites excluding steroid dienone is 3. The van der Waals surface area contributed by atoms with Crippen LogP contribution in [0.5, 0.6) is 5.75 Å². The summed E-state index contributed by atoms with van der Waals surface area (Å²) in [5, 5.41) is 24.4. The Labute approximate surface area is 506 Å². The number of benzene rings is 3. The van der Waals surface area contributed by atoms with Crippen molar-refractivity contribution in [1.29, 1.82) is 0 Å². The van der Waals surface area contributed by atoms with Gasteiger partial charge in [-0.2, -0.15) is 0 Å². The molecule has 456 valence electrons. The molecule has 5 atom stereocenters. The lowest BCUT2D eigenvalue weighted by Crippen LogP contribution is -2.39. The lowest BCUT2D eigenvalue weighted by molar-refractivity contribution is -0.125. The van der Waals surface area contributed by atoms with Crippen molar-refractivity contribution in [2.75, 3.05) is 63.2 Å². The minimum atomic E-state index is -0.378. The van der Waals surface area contributed by atoms with Crippen molar-refractivity contribution >= 4 is 45.5 Å². The number of nitrogens with one attached hydrogen (secondary N) is 1. The number of aryl methyl sites for hydroxylation is 3. The van der Waals surface area contributed by atoms with Crippen LogP contribution in [0.3, 0.4) is 0 Å². The van der Waals surface area contributed by atoms with E-state index in [1.54, 1.807) is 18.3 Å². The van der Waals surface area contributed by atoms with Gasteiger partial charge in [-0.25, -0.2) is 14.4 Å². The SMILES string of the molecule is C=C(c1ccc(CN2CCC(c3ccc(C)c(N(C)C(=O)CCC)c3)CC2)cc1)N(C)CC1CCC2CCCN21.C=C1CCC(C)C(=O)N1.CCC1=C(F)CCc2cc(O)cc(-c3ncc4c(N5CCCC(O)C5)nc(C(C)CC)nc4c3C)c21. The van der Waals surface area contributed by atoms with Crippen molar-refractivity contribution < 1.29 is 24.2 Å². The molecule has 3 N–H and O–H groups in total. The van der Waals surface area contributed by atoms with Gasteiger partial charge in [-0.05, 0) is 186 Å². The zero-order valence-electron chi connectivity index (χ0n) is 52.6. The van der Waals surface area contributed by atoms with Crippen molar-refractivity contribution in [2.45, 2.75) is 188 Å². The average molecular weight is 1160 g/mol. The fourth-order valence-corrected chi connectivity index (χ4v) is 13.8. The van der Waals surface area contributed by atoms with Crippen LogP contribution in [-0.2, 0) is 22.6 Å². The molecule has 85 heavy (non-hydrogen) atoms. The minimum Gasteiger partial charge on any atom is -0.508 e. The molecule has 2 aromatic heterocycles. The Morgan fingerprint density at radius 2 is 1.66 bits per heavy atom. The maximum atomic E-state index is 14.9. The normalized spacial score (nSPS) is 21.3. The number of pyridine rings is 1. The number of aliphatic hydroxyl groups is 1. The third-order valence-corrected chi connectivity index (χ3v) is 19.3. The molecule has 5 aliphatic heterocycles. The van der Waals surface area contributed by atoms with Crippen LogP contribution in [0.4, 0.5) is 15.9 Å². The first-order valence-electron chi connectivity index (χ1n) is 32.0. The van der Waals surface area contributed by atoms with Crippen LogP contribution in [0, 0.1) is 19.8 Å². The highest BCUT2D eigenvalue weighted by Crippen LogP contribution is 2.44. The highest BCUT2D eigenvalue weighted by atomic mass is 19.1. The Morgan fingerprint density at radius 3 is 2.35 bits per heavy atom. The van der Waals surface area contributed by atoms with E-state index >= 15 is 0 Å². The van der Waals surface area contributed by atoms with Crippen LogP contribution in [0.2, 0.25) is 0 Å². The molecule has 1 aliphatic carbocycles. The molecule has 0 radical (unpaired) electrons. The Morgan fingerprint density at radius 1 is 0.906 bits per heavy atom. The second-order valence-electron chi connectivity index (χ2n) is 25.3. The topological polar surface area (TPSA) is 142 Å². The number of anilines is 2. The van der Waals surface area contributed by atoms with Gasteiger partial charge in [0.25, 0.3) is 0 Å². The second-order valence-corrected chi connectivity index (χ2v) is 25.3. The number of hydrogen-bond donors (Lipinski definition) is 3. The van der Waals surface area contributed by atoms with E-state index in [2.05, 4.69) is 115 Å². The van der Waals surface area contributed by atoms with Crippen molar-refractivity contribution in [3.8, 4) is 17.0 Å². The third-order valence-electron chi connectivity index (χ3n) is 19.3. The van der Waals surface area contributed by atoms with E-state index in [-0.39, 0.29) is 41.3 Å². The zero-order chi connectivity index (χ0) is 60.6. The summed E-state index contributed by atoms with van der Waals surface area (Å²) >= 11 is 0. The molecule has 5 aromatic rings. The van der Waals surface area contributed by atoms with E-state index in [1.165, 1.54) is 54.5 Å². The number of likely N-dealkylation sites (tertiary alicyclic amines) is 1. The number of nitrogens with zero attached hydrogens (tertiary/aromatic N) is 8. The Bertz CT molecular complexity index is 3240. The summed E-state index contributed by atoms with van der Waals surface area (Å²) in [6.07, 6.45) is 16.7. The molecule has 6 aliphatic rings. The quantitative estimate of drug-likeness (QED) is 0.0922. The van der Waals surface area contributed by atoms with Gasteiger partial charge >= 0.3 is 0 Å². The summed E-state index contributed by atoms with van der Waals surface area (Å²) in [5.41, 5.74) is 13.9. The van der Waals surface area contributed by atoms with Crippen LogP contribution >= 0.6 is 0 Å². The molecule has 14 heteroatoms.